The minimum absolute atomic E-state index is 0.119. The number of carbonyl (C=O) groups is 2. The Morgan fingerprint density at radius 3 is 2.63 bits per heavy atom. The second-order valence-corrected chi connectivity index (χ2v) is 6.62. The second-order valence-electron chi connectivity index (χ2n) is 6.62. The molecule has 3 rings (SSSR count). The van der Waals surface area contributed by atoms with E-state index < -0.39 is 6.61 Å². The molecule has 1 aliphatic heterocycles. The van der Waals surface area contributed by atoms with Crippen molar-refractivity contribution < 1.29 is 27.8 Å². The van der Waals surface area contributed by atoms with E-state index in [1.54, 1.807) is 17.0 Å². The lowest BCUT2D eigenvalue weighted by Gasteiger charge is -2.16. The molecule has 6 nitrogen and oxygen atoms in total. The number of hydrogen-bond acceptors (Lipinski definition) is 4. The highest BCUT2D eigenvalue weighted by atomic mass is 19.3. The van der Waals surface area contributed by atoms with Gasteiger partial charge in [0.2, 0.25) is 11.8 Å². The summed E-state index contributed by atoms with van der Waals surface area (Å²) < 4.78 is 34.9. The zero-order chi connectivity index (χ0) is 21.5. The van der Waals surface area contributed by atoms with Crippen molar-refractivity contribution in [3.8, 4) is 11.5 Å². The van der Waals surface area contributed by atoms with E-state index in [2.05, 4.69) is 10.1 Å². The smallest absolute Gasteiger partial charge is 0.387 e. The Kier molecular flexibility index (Phi) is 7.00. The van der Waals surface area contributed by atoms with Gasteiger partial charge >= 0.3 is 6.61 Å². The predicted molar refractivity (Wildman–Crippen MR) is 109 cm³/mol. The Balaban J connectivity index is 1.59. The number of anilines is 1. The Morgan fingerprint density at radius 2 is 2.00 bits per heavy atom. The first-order chi connectivity index (χ1) is 14.5. The van der Waals surface area contributed by atoms with Crippen LogP contribution < -0.4 is 19.7 Å². The number of carbonyl (C=O) groups excluding carboxylic acids is 2. The van der Waals surface area contributed by atoms with Gasteiger partial charge in [-0.2, -0.15) is 8.78 Å². The second kappa shape index (κ2) is 9.87. The molecule has 1 fully saturated rings. The molecule has 0 aliphatic carbocycles. The van der Waals surface area contributed by atoms with E-state index in [1.807, 2.05) is 24.3 Å². The number of alkyl halides is 2. The van der Waals surface area contributed by atoms with Gasteiger partial charge in [0.05, 0.1) is 7.11 Å². The van der Waals surface area contributed by atoms with Gasteiger partial charge in [0.15, 0.2) is 11.5 Å². The minimum Gasteiger partial charge on any atom is -0.493 e. The number of nitrogens with zero attached hydrogens (tertiary/aromatic N) is 1. The van der Waals surface area contributed by atoms with Crippen LogP contribution in [0, 0.1) is 0 Å². The lowest BCUT2D eigenvalue weighted by Crippen LogP contribution is -2.23. The summed E-state index contributed by atoms with van der Waals surface area (Å²) in [6.07, 6.45) is 4.06. The normalized spacial score (nSPS) is 13.9. The van der Waals surface area contributed by atoms with Crippen molar-refractivity contribution in [3.05, 3.63) is 59.7 Å². The van der Waals surface area contributed by atoms with E-state index in [4.69, 9.17) is 4.74 Å². The first kappa shape index (κ1) is 21.3. The lowest BCUT2D eigenvalue weighted by molar-refractivity contribution is -0.117. The van der Waals surface area contributed by atoms with Crippen LogP contribution in [-0.2, 0) is 16.1 Å². The number of rotatable bonds is 8. The predicted octanol–water partition coefficient (Wildman–Crippen LogP) is 3.75. The summed E-state index contributed by atoms with van der Waals surface area (Å²) in [6.45, 7) is -2.00. The Hall–Kier alpha value is -3.42. The molecule has 1 saturated heterocycles. The molecule has 0 bridgehead atoms. The summed E-state index contributed by atoms with van der Waals surface area (Å²) >= 11 is 0. The highest BCUT2D eigenvalue weighted by Crippen LogP contribution is 2.33. The minimum atomic E-state index is -3.01. The third kappa shape index (κ3) is 5.34. The molecule has 0 spiro atoms. The molecule has 0 atom stereocenters. The number of halogens is 2. The van der Waals surface area contributed by atoms with E-state index in [-0.39, 0.29) is 29.9 Å². The Labute approximate surface area is 173 Å². The summed E-state index contributed by atoms with van der Waals surface area (Å²) in [5.41, 5.74) is 2.01. The number of benzene rings is 2. The molecule has 30 heavy (non-hydrogen) atoms. The molecular formula is C22H22F2N2O4. The van der Waals surface area contributed by atoms with Gasteiger partial charge in [0.1, 0.15) is 0 Å². The third-order valence-corrected chi connectivity index (χ3v) is 4.64. The molecule has 158 valence electrons. The quantitative estimate of drug-likeness (QED) is 0.666. The summed E-state index contributed by atoms with van der Waals surface area (Å²) in [4.78, 5) is 25.7. The molecule has 0 radical (unpaired) electrons. The molecule has 1 aliphatic rings. The van der Waals surface area contributed by atoms with Gasteiger partial charge in [-0.3, -0.25) is 9.59 Å². The fourth-order valence-corrected chi connectivity index (χ4v) is 3.17. The summed E-state index contributed by atoms with van der Waals surface area (Å²) in [7, 11) is 1.35. The van der Waals surface area contributed by atoms with Crippen LogP contribution in [0.2, 0.25) is 0 Å². The zero-order valence-electron chi connectivity index (χ0n) is 16.4. The van der Waals surface area contributed by atoms with Crippen LogP contribution >= 0.6 is 0 Å². The number of amides is 2. The lowest BCUT2D eigenvalue weighted by atomic mass is 10.1. The van der Waals surface area contributed by atoms with Crippen LogP contribution in [-0.4, -0.2) is 32.1 Å². The van der Waals surface area contributed by atoms with E-state index in [0.29, 0.717) is 12.0 Å². The largest absolute Gasteiger partial charge is 0.493 e. The topological polar surface area (TPSA) is 67.9 Å². The van der Waals surface area contributed by atoms with Gasteiger partial charge in [-0.25, -0.2) is 0 Å². The molecular weight excluding hydrogens is 394 g/mol. The molecule has 0 saturated carbocycles. The molecule has 2 aromatic rings. The fourth-order valence-electron chi connectivity index (χ4n) is 3.17. The van der Waals surface area contributed by atoms with Crippen LogP contribution in [0.25, 0.3) is 6.08 Å². The highest BCUT2D eigenvalue weighted by Gasteiger charge is 2.21. The number of nitrogens with one attached hydrogen (secondary N) is 1. The molecule has 0 aromatic heterocycles. The number of para-hydroxylation sites is 1. The monoisotopic (exact) mass is 416 g/mol. The van der Waals surface area contributed by atoms with Crippen molar-refractivity contribution in [1.29, 1.82) is 0 Å². The van der Waals surface area contributed by atoms with Gasteiger partial charge in [0.25, 0.3) is 0 Å². The summed E-state index contributed by atoms with van der Waals surface area (Å²) in [6, 6.07) is 12.1. The van der Waals surface area contributed by atoms with Crippen LogP contribution in [0.4, 0.5) is 14.5 Å². The van der Waals surface area contributed by atoms with E-state index in [1.165, 1.54) is 25.3 Å². The van der Waals surface area contributed by atoms with Gasteiger partial charge in [0, 0.05) is 36.8 Å². The van der Waals surface area contributed by atoms with Crippen molar-refractivity contribution in [2.75, 3.05) is 18.6 Å². The average Bonchev–Trinajstić information content (AvgIpc) is 3.17. The highest BCUT2D eigenvalue weighted by molar-refractivity contribution is 5.95. The summed E-state index contributed by atoms with van der Waals surface area (Å²) in [5.74, 6) is -0.255. The van der Waals surface area contributed by atoms with Gasteiger partial charge in [-0.15, -0.1) is 0 Å². The van der Waals surface area contributed by atoms with Gasteiger partial charge in [-0.05, 0) is 36.3 Å². The van der Waals surface area contributed by atoms with Crippen molar-refractivity contribution in [2.24, 2.45) is 0 Å². The van der Waals surface area contributed by atoms with E-state index in [0.717, 1.165) is 24.2 Å². The number of methoxy groups -OCH3 is 1. The third-order valence-electron chi connectivity index (χ3n) is 4.64. The molecule has 1 N–H and O–H groups in total. The van der Waals surface area contributed by atoms with Crippen molar-refractivity contribution in [1.82, 2.24) is 5.32 Å². The van der Waals surface area contributed by atoms with Crippen molar-refractivity contribution in [2.45, 2.75) is 26.0 Å². The van der Waals surface area contributed by atoms with Crippen LogP contribution in [0.15, 0.2) is 48.5 Å². The standard InChI is InChI=1S/C22H22F2N2O4/c1-29-18-5-2-4-16(21(18)30-22(23)24)9-12-19(27)25-14-15-7-10-17(11-8-15)26-13-3-6-20(26)28/h2,4-5,7-12,22H,3,6,13-14H2,1H3,(H,25,27)/b12-9+. The van der Waals surface area contributed by atoms with E-state index >= 15 is 0 Å². The van der Waals surface area contributed by atoms with Crippen molar-refractivity contribution in [3.63, 3.8) is 0 Å². The number of ether oxygens (including phenoxy) is 2. The molecule has 2 aromatic carbocycles. The SMILES string of the molecule is COc1cccc(/C=C/C(=O)NCc2ccc(N3CCCC3=O)cc2)c1OC(F)F. The maximum atomic E-state index is 12.7. The van der Waals surface area contributed by atoms with Crippen LogP contribution in [0.5, 0.6) is 11.5 Å². The fraction of sp³-hybridized carbons (Fsp3) is 0.273. The molecule has 0 unspecified atom stereocenters. The first-order valence-corrected chi connectivity index (χ1v) is 9.45. The summed E-state index contributed by atoms with van der Waals surface area (Å²) in [5, 5.41) is 2.73. The van der Waals surface area contributed by atoms with E-state index in [9.17, 15) is 18.4 Å². The van der Waals surface area contributed by atoms with Crippen LogP contribution in [0.1, 0.15) is 24.0 Å². The Morgan fingerprint density at radius 1 is 1.23 bits per heavy atom. The first-order valence-electron chi connectivity index (χ1n) is 9.45. The maximum absolute atomic E-state index is 12.7. The van der Waals surface area contributed by atoms with Crippen molar-refractivity contribution >= 4 is 23.6 Å². The molecule has 1 heterocycles. The number of hydrogen-bond donors (Lipinski definition) is 1. The zero-order valence-corrected chi connectivity index (χ0v) is 16.4. The van der Waals surface area contributed by atoms with Crippen LogP contribution in [0.3, 0.4) is 0 Å². The Bertz CT molecular complexity index is 929. The molecule has 2 amide bonds. The maximum Gasteiger partial charge on any atom is 0.387 e. The van der Waals surface area contributed by atoms with Gasteiger partial charge in [-0.1, -0.05) is 24.3 Å². The molecule has 8 heteroatoms. The average molecular weight is 416 g/mol. The van der Waals surface area contributed by atoms with Gasteiger partial charge < -0.3 is 19.7 Å².